The molecule has 138 valence electrons. The van der Waals surface area contributed by atoms with Crippen LogP contribution in [0.15, 0.2) is 60.2 Å². The van der Waals surface area contributed by atoms with Gasteiger partial charge in [0.05, 0.1) is 5.56 Å². The minimum Gasteiger partial charge on any atom is -0.292 e. The third-order valence-electron chi connectivity index (χ3n) is 5.61. The maximum absolute atomic E-state index is 12.8. The van der Waals surface area contributed by atoms with Crippen LogP contribution in [-0.2, 0) is 12.7 Å². The maximum atomic E-state index is 12.8. The first kappa shape index (κ1) is 18.7. The highest BCUT2D eigenvalue weighted by Gasteiger charge is 2.32. The molecule has 3 rings (SSSR count). The molecule has 2 aromatic carbocycles. The molecule has 2 aromatic rings. The van der Waals surface area contributed by atoms with E-state index in [0.717, 1.165) is 24.2 Å². The second kappa shape index (κ2) is 7.28. The van der Waals surface area contributed by atoms with Gasteiger partial charge in [0, 0.05) is 19.1 Å². The quantitative estimate of drug-likeness (QED) is 0.648. The Labute approximate surface area is 153 Å². The second-order valence-corrected chi connectivity index (χ2v) is 7.16. The Morgan fingerprint density at radius 1 is 0.962 bits per heavy atom. The Morgan fingerprint density at radius 3 is 2.15 bits per heavy atom. The second-order valence-electron chi connectivity index (χ2n) is 7.16. The Morgan fingerprint density at radius 2 is 1.58 bits per heavy atom. The monoisotopic (exact) mass is 359 g/mol. The third kappa shape index (κ3) is 3.85. The van der Waals surface area contributed by atoms with Gasteiger partial charge in [0.1, 0.15) is 0 Å². The highest BCUT2D eigenvalue weighted by atomic mass is 19.4. The van der Waals surface area contributed by atoms with Crippen LogP contribution >= 0.6 is 0 Å². The molecule has 0 aliphatic carbocycles. The Kier molecular flexibility index (Phi) is 5.24. The van der Waals surface area contributed by atoms with Crippen molar-refractivity contribution >= 4 is 5.57 Å². The van der Waals surface area contributed by atoms with E-state index in [4.69, 9.17) is 0 Å². The predicted octanol–water partition coefficient (Wildman–Crippen LogP) is 6.02. The molecule has 26 heavy (non-hydrogen) atoms. The predicted molar refractivity (Wildman–Crippen MR) is 99.5 cm³/mol. The van der Waals surface area contributed by atoms with Gasteiger partial charge in [-0.15, -0.1) is 0 Å². The van der Waals surface area contributed by atoms with Crippen molar-refractivity contribution < 1.29 is 13.2 Å². The fraction of sp³-hybridized carbons (Fsp3) is 0.364. The summed E-state index contributed by atoms with van der Waals surface area (Å²) < 4.78 is 38.5. The molecule has 0 radical (unpaired) electrons. The lowest BCUT2D eigenvalue weighted by molar-refractivity contribution is -0.137. The van der Waals surface area contributed by atoms with E-state index in [1.807, 2.05) is 18.2 Å². The minimum atomic E-state index is -4.30. The Hall–Kier alpha value is -2.07. The van der Waals surface area contributed by atoms with Crippen molar-refractivity contribution in [3.05, 3.63) is 76.9 Å². The minimum absolute atomic E-state index is 0.352. The smallest absolute Gasteiger partial charge is 0.292 e. The molecule has 0 aromatic heterocycles. The van der Waals surface area contributed by atoms with Crippen LogP contribution in [-0.4, -0.2) is 17.5 Å². The van der Waals surface area contributed by atoms with Crippen molar-refractivity contribution in [3.63, 3.8) is 0 Å². The van der Waals surface area contributed by atoms with Crippen LogP contribution in [0.2, 0.25) is 0 Å². The summed E-state index contributed by atoms with van der Waals surface area (Å²) in [4.78, 5) is 2.40. The zero-order chi connectivity index (χ0) is 18.9. The van der Waals surface area contributed by atoms with Gasteiger partial charge in [0.15, 0.2) is 0 Å². The molecule has 2 atom stereocenters. The van der Waals surface area contributed by atoms with Crippen LogP contribution in [0, 0.1) is 5.92 Å². The van der Waals surface area contributed by atoms with Crippen molar-refractivity contribution in [3.8, 4) is 0 Å². The summed E-state index contributed by atoms with van der Waals surface area (Å²) >= 11 is 0. The summed E-state index contributed by atoms with van der Waals surface area (Å²) in [6, 6.07) is 16.2. The van der Waals surface area contributed by atoms with Crippen LogP contribution in [0.25, 0.3) is 5.57 Å². The molecule has 0 amide bonds. The van der Waals surface area contributed by atoms with Gasteiger partial charge in [-0.3, -0.25) is 4.90 Å². The van der Waals surface area contributed by atoms with E-state index in [2.05, 4.69) is 37.8 Å². The molecule has 4 heteroatoms. The molecule has 1 heterocycles. The maximum Gasteiger partial charge on any atom is 0.416 e. The van der Waals surface area contributed by atoms with Gasteiger partial charge < -0.3 is 0 Å². The number of hydrogen-bond acceptors (Lipinski definition) is 1. The summed E-state index contributed by atoms with van der Waals surface area (Å²) in [7, 11) is 0. The van der Waals surface area contributed by atoms with E-state index in [-0.39, 0.29) is 0 Å². The average Bonchev–Trinajstić information content (AvgIpc) is 2.62. The van der Waals surface area contributed by atoms with Gasteiger partial charge >= 0.3 is 6.18 Å². The molecule has 1 nitrogen and oxygen atoms in total. The summed E-state index contributed by atoms with van der Waals surface area (Å²) in [5.41, 5.74) is 3.94. The number of nitrogens with zero attached hydrogens (tertiary/aromatic N) is 1. The number of alkyl halides is 3. The zero-order valence-electron chi connectivity index (χ0n) is 15.3. The van der Waals surface area contributed by atoms with Crippen LogP contribution in [0.3, 0.4) is 0 Å². The van der Waals surface area contributed by atoms with Gasteiger partial charge in [0.2, 0.25) is 0 Å². The molecule has 0 unspecified atom stereocenters. The van der Waals surface area contributed by atoms with Gasteiger partial charge in [-0.25, -0.2) is 0 Å². The average molecular weight is 359 g/mol. The van der Waals surface area contributed by atoms with Crippen LogP contribution in [0.5, 0.6) is 0 Å². The lowest BCUT2D eigenvalue weighted by Crippen LogP contribution is -2.42. The normalized spacial score (nSPS) is 21.9. The third-order valence-corrected chi connectivity index (χ3v) is 5.61. The van der Waals surface area contributed by atoms with Crippen molar-refractivity contribution in [2.45, 2.75) is 39.5 Å². The van der Waals surface area contributed by atoms with E-state index in [1.54, 1.807) is 12.1 Å². The number of hydrogen-bond donors (Lipinski definition) is 0. The topological polar surface area (TPSA) is 3.24 Å². The summed E-state index contributed by atoms with van der Waals surface area (Å²) in [5, 5.41) is 0. The van der Waals surface area contributed by atoms with E-state index in [0.29, 0.717) is 12.0 Å². The van der Waals surface area contributed by atoms with E-state index < -0.39 is 11.7 Å². The fourth-order valence-electron chi connectivity index (χ4n) is 3.62. The standard InChI is InChI=1S/C22H24F3N/c1-15-16(2)21(19-9-11-20(12-10-19)22(23,24)25)14-26(17(15)3)13-18-7-5-4-6-8-18/h4-12,15,17H,13-14H2,1-3H3/t15-,17-/m0/s1. The lowest BCUT2D eigenvalue weighted by atomic mass is 9.83. The molecular weight excluding hydrogens is 335 g/mol. The highest BCUT2D eigenvalue weighted by molar-refractivity contribution is 5.71. The van der Waals surface area contributed by atoms with Gasteiger partial charge in [-0.2, -0.15) is 13.2 Å². The largest absolute Gasteiger partial charge is 0.416 e. The van der Waals surface area contributed by atoms with E-state index in [1.165, 1.54) is 23.3 Å². The molecule has 0 bridgehead atoms. The van der Waals surface area contributed by atoms with Gasteiger partial charge in [0.25, 0.3) is 0 Å². The first-order valence-corrected chi connectivity index (χ1v) is 8.92. The molecule has 1 aliphatic heterocycles. The Balaban J connectivity index is 1.88. The van der Waals surface area contributed by atoms with E-state index >= 15 is 0 Å². The molecule has 0 saturated carbocycles. The first-order chi connectivity index (χ1) is 12.3. The zero-order valence-corrected chi connectivity index (χ0v) is 15.3. The van der Waals surface area contributed by atoms with Gasteiger partial charge in [-0.1, -0.05) is 55.0 Å². The van der Waals surface area contributed by atoms with Crippen molar-refractivity contribution in [1.82, 2.24) is 4.90 Å². The number of halogens is 3. The van der Waals surface area contributed by atoms with Crippen molar-refractivity contribution in [2.24, 2.45) is 5.92 Å². The number of benzene rings is 2. The van der Waals surface area contributed by atoms with Crippen LogP contribution in [0.4, 0.5) is 13.2 Å². The highest BCUT2D eigenvalue weighted by Crippen LogP contribution is 2.36. The summed E-state index contributed by atoms with van der Waals surface area (Å²) in [6.45, 7) is 8.11. The molecular formula is C22H24F3N. The molecule has 0 N–H and O–H groups in total. The molecule has 0 saturated heterocycles. The fourth-order valence-corrected chi connectivity index (χ4v) is 3.62. The molecule has 0 fully saturated rings. The lowest BCUT2D eigenvalue weighted by Gasteiger charge is -2.40. The Bertz CT molecular complexity index is 775. The van der Waals surface area contributed by atoms with E-state index in [9.17, 15) is 13.2 Å². The number of rotatable bonds is 3. The SMILES string of the molecule is CC1=C(c2ccc(C(F)(F)F)cc2)CN(Cc2ccccc2)[C@@H](C)[C@H]1C. The van der Waals surface area contributed by atoms with Crippen molar-refractivity contribution in [2.75, 3.05) is 6.54 Å². The van der Waals surface area contributed by atoms with Crippen LogP contribution in [0.1, 0.15) is 37.5 Å². The van der Waals surface area contributed by atoms with Gasteiger partial charge in [-0.05, 0) is 48.6 Å². The summed E-state index contributed by atoms with van der Waals surface area (Å²) in [5.74, 6) is 0.352. The van der Waals surface area contributed by atoms with Crippen molar-refractivity contribution in [1.29, 1.82) is 0 Å². The molecule has 0 spiro atoms. The first-order valence-electron chi connectivity index (χ1n) is 8.92. The van der Waals surface area contributed by atoms with Crippen LogP contribution < -0.4 is 0 Å². The molecule has 1 aliphatic rings. The summed E-state index contributed by atoms with van der Waals surface area (Å²) in [6.07, 6.45) is -4.30.